The Bertz CT molecular complexity index is 382. The van der Waals surface area contributed by atoms with Gasteiger partial charge in [-0.2, -0.15) is 5.26 Å². The summed E-state index contributed by atoms with van der Waals surface area (Å²) < 4.78 is 13.5. The number of hydrogen-bond donors (Lipinski definition) is 1. The van der Waals surface area contributed by atoms with Crippen LogP contribution in [0.4, 0.5) is 10.1 Å². The summed E-state index contributed by atoms with van der Waals surface area (Å²) in [6, 6.07) is 6.77. The minimum Gasteiger partial charge on any atom is -0.398 e. The average molecular weight is 190 g/mol. The van der Waals surface area contributed by atoms with E-state index in [0.29, 0.717) is 24.1 Å². The molecular weight excluding hydrogens is 179 g/mol. The van der Waals surface area contributed by atoms with Crippen LogP contribution in [0.25, 0.3) is 0 Å². The van der Waals surface area contributed by atoms with Crippen LogP contribution in [0.3, 0.4) is 0 Å². The number of hydrogen-bond acceptors (Lipinski definition) is 2. The summed E-state index contributed by atoms with van der Waals surface area (Å²) in [7, 11) is 0. The van der Waals surface area contributed by atoms with Gasteiger partial charge in [0.05, 0.1) is 11.5 Å². The van der Waals surface area contributed by atoms with Crippen molar-refractivity contribution in [2.45, 2.75) is 24.7 Å². The van der Waals surface area contributed by atoms with Crippen molar-refractivity contribution in [2.24, 2.45) is 0 Å². The lowest BCUT2D eigenvalue weighted by atomic mass is 9.65. The quantitative estimate of drug-likeness (QED) is 0.691. The van der Waals surface area contributed by atoms with Gasteiger partial charge in [-0.25, -0.2) is 4.39 Å². The van der Waals surface area contributed by atoms with E-state index in [1.165, 1.54) is 6.07 Å². The Morgan fingerprint density at radius 2 is 2.14 bits per heavy atom. The summed E-state index contributed by atoms with van der Waals surface area (Å²) in [5.74, 6) is -0.355. The zero-order valence-electron chi connectivity index (χ0n) is 7.76. The Morgan fingerprint density at radius 3 is 2.57 bits per heavy atom. The fraction of sp³-hybridized carbons (Fsp3) is 0.364. The van der Waals surface area contributed by atoms with Crippen molar-refractivity contribution in [1.82, 2.24) is 0 Å². The van der Waals surface area contributed by atoms with Crippen molar-refractivity contribution in [3.63, 3.8) is 0 Å². The number of nitriles is 1. The summed E-state index contributed by atoms with van der Waals surface area (Å²) >= 11 is 0. The van der Waals surface area contributed by atoms with Gasteiger partial charge in [0.1, 0.15) is 5.82 Å². The highest BCUT2D eigenvalue weighted by molar-refractivity contribution is 5.55. The Morgan fingerprint density at radius 1 is 1.43 bits per heavy atom. The Labute approximate surface area is 82.1 Å². The molecule has 1 aromatic carbocycles. The van der Waals surface area contributed by atoms with Crippen LogP contribution in [0.5, 0.6) is 0 Å². The Balaban J connectivity index is 2.56. The Hall–Kier alpha value is -1.56. The van der Waals surface area contributed by atoms with Crippen molar-refractivity contribution in [1.29, 1.82) is 5.26 Å². The van der Waals surface area contributed by atoms with Crippen LogP contribution < -0.4 is 5.73 Å². The zero-order valence-corrected chi connectivity index (χ0v) is 7.76. The first-order chi connectivity index (χ1) is 6.69. The van der Waals surface area contributed by atoms with E-state index >= 15 is 0 Å². The first-order valence-electron chi connectivity index (χ1n) is 4.65. The molecule has 1 aliphatic rings. The average Bonchev–Trinajstić information content (AvgIpc) is 2.08. The largest absolute Gasteiger partial charge is 0.398 e. The smallest absolute Gasteiger partial charge is 0.130 e. The third-order valence-corrected chi connectivity index (χ3v) is 2.95. The first-order valence-corrected chi connectivity index (χ1v) is 4.65. The van der Waals surface area contributed by atoms with E-state index in [1.54, 1.807) is 12.1 Å². The molecule has 0 aromatic heterocycles. The highest BCUT2D eigenvalue weighted by Gasteiger charge is 2.42. The number of anilines is 1. The maximum absolute atomic E-state index is 13.5. The van der Waals surface area contributed by atoms with Gasteiger partial charge in [0.15, 0.2) is 0 Å². The second kappa shape index (κ2) is 2.98. The number of nitrogens with zero attached hydrogens (tertiary/aromatic N) is 1. The molecule has 0 unspecified atom stereocenters. The van der Waals surface area contributed by atoms with Gasteiger partial charge in [0.25, 0.3) is 0 Å². The first kappa shape index (κ1) is 9.01. The molecule has 14 heavy (non-hydrogen) atoms. The minimum absolute atomic E-state index is 0.355. The summed E-state index contributed by atoms with van der Waals surface area (Å²) in [4.78, 5) is 0. The standard InChI is InChI=1S/C11H11FN2/c12-8-3-1-4-9(14)10(8)11(7-13)5-2-6-11/h1,3-4H,2,5-6,14H2. The van der Waals surface area contributed by atoms with Gasteiger partial charge in [0.2, 0.25) is 0 Å². The van der Waals surface area contributed by atoms with Gasteiger partial charge in [-0.1, -0.05) is 6.07 Å². The third-order valence-electron chi connectivity index (χ3n) is 2.95. The van der Waals surface area contributed by atoms with E-state index in [9.17, 15) is 4.39 Å². The lowest BCUT2D eigenvalue weighted by molar-refractivity contribution is 0.314. The summed E-state index contributed by atoms with van der Waals surface area (Å²) in [5, 5.41) is 9.07. The second-order valence-corrected chi connectivity index (χ2v) is 3.75. The van der Waals surface area contributed by atoms with Gasteiger partial charge in [-0.05, 0) is 31.4 Å². The van der Waals surface area contributed by atoms with E-state index in [2.05, 4.69) is 6.07 Å². The van der Waals surface area contributed by atoms with Crippen molar-refractivity contribution < 1.29 is 4.39 Å². The molecule has 1 saturated carbocycles. The fourth-order valence-electron chi connectivity index (χ4n) is 1.99. The highest BCUT2D eigenvalue weighted by Crippen LogP contribution is 2.46. The minimum atomic E-state index is -0.657. The van der Waals surface area contributed by atoms with Gasteiger partial charge in [-0.3, -0.25) is 0 Å². The van der Waals surface area contributed by atoms with Crippen LogP contribution in [0.15, 0.2) is 18.2 Å². The zero-order chi connectivity index (χ0) is 10.2. The number of halogens is 1. The van der Waals surface area contributed by atoms with Gasteiger partial charge in [-0.15, -0.1) is 0 Å². The second-order valence-electron chi connectivity index (χ2n) is 3.75. The van der Waals surface area contributed by atoms with E-state index in [0.717, 1.165) is 6.42 Å². The van der Waals surface area contributed by atoms with Crippen molar-refractivity contribution in [3.8, 4) is 6.07 Å². The van der Waals surface area contributed by atoms with Gasteiger partial charge >= 0.3 is 0 Å². The van der Waals surface area contributed by atoms with Gasteiger partial charge in [0, 0.05) is 11.3 Å². The molecule has 0 atom stereocenters. The molecule has 0 amide bonds. The van der Waals surface area contributed by atoms with E-state index in [-0.39, 0.29) is 5.82 Å². The van der Waals surface area contributed by atoms with Crippen molar-refractivity contribution in [3.05, 3.63) is 29.6 Å². The highest BCUT2D eigenvalue weighted by atomic mass is 19.1. The lowest BCUT2D eigenvalue weighted by Crippen LogP contribution is -2.34. The summed E-state index contributed by atoms with van der Waals surface area (Å²) in [6.07, 6.45) is 2.41. The van der Waals surface area contributed by atoms with E-state index in [4.69, 9.17) is 11.0 Å². The number of nitrogens with two attached hydrogens (primary N) is 1. The molecule has 0 saturated heterocycles. The summed E-state index contributed by atoms with van der Waals surface area (Å²) in [6.45, 7) is 0. The van der Waals surface area contributed by atoms with Crippen LogP contribution in [0, 0.1) is 17.1 Å². The van der Waals surface area contributed by atoms with E-state index in [1.807, 2.05) is 0 Å². The molecular formula is C11H11FN2. The molecule has 2 N–H and O–H groups in total. The molecule has 0 spiro atoms. The third kappa shape index (κ3) is 1.07. The predicted molar refractivity (Wildman–Crippen MR) is 52.0 cm³/mol. The Kier molecular flexibility index (Phi) is 1.92. The fourth-order valence-corrected chi connectivity index (χ4v) is 1.99. The molecule has 0 aliphatic heterocycles. The molecule has 1 aliphatic carbocycles. The molecule has 0 heterocycles. The molecule has 3 heteroatoms. The predicted octanol–water partition coefficient (Wildman–Crippen LogP) is 2.35. The maximum Gasteiger partial charge on any atom is 0.130 e. The molecule has 2 rings (SSSR count). The molecule has 1 aromatic rings. The monoisotopic (exact) mass is 190 g/mol. The van der Waals surface area contributed by atoms with Crippen LogP contribution in [-0.2, 0) is 5.41 Å². The SMILES string of the molecule is N#CC1(c2c(N)cccc2F)CCC1. The lowest BCUT2D eigenvalue weighted by Gasteiger charge is -2.36. The maximum atomic E-state index is 13.5. The normalized spacial score (nSPS) is 18.3. The molecule has 72 valence electrons. The van der Waals surface area contributed by atoms with Crippen LogP contribution in [0.2, 0.25) is 0 Å². The molecule has 1 fully saturated rings. The molecule has 0 radical (unpaired) electrons. The van der Waals surface area contributed by atoms with Crippen LogP contribution >= 0.6 is 0 Å². The van der Waals surface area contributed by atoms with E-state index < -0.39 is 5.41 Å². The number of rotatable bonds is 1. The number of nitrogen functional groups attached to an aromatic ring is 1. The molecule has 2 nitrogen and oxygen atoms in total. The van der Waals surface area contributed by atoms with Crippen molar-refractivity contribution in [2.75, 3.05) is 5.73 Å². The van der Waals surface area contributed by atoms with Crippen LogP contribution in [0.1, 0.15) is 24.8 Å². The topological polar surface area (TPSA) is 49.8 Å². The summed E-state index contributed by atoms with van der Waals surface area (Å²) in [5.41, 5.74) is 5.84. The van der Waals surface area contributed by atoms with Crippen LogP contribution in [-0.4, -0.2) is 0 Å². The number of benzene rings is 1. The van der Waals surface area contributed by atoms with Crippen molar-refractivity contribution >= 4 is 5.69 Å². The van der Waals surface area contributed by atoms with Gasteiger partial charge < -0.3 is 5.73 Å². The molecule has 0 bridgehead atoms.